The molecule has 0 fully saturated rings. The van der Waals surface area contributed by atoms with E-state index in [-0.39, 0.29) is 17.5 Å². The third-order valence-electron chi connectivity index (χ3n) is 5.00. The molecule has 5 heteroatoms. The molecular weight excluding hydrogens is 364 g/mol. The first-order valence-electron chi connectivity index (χ1n) is 10.3. The highest BCUT2D eigenvalue weighted by Crippen LogP contribution is 2.28. The molecule has 0 aromatic heterocycles. The fourth-order valence-electron chi connectivity index (χ4n) is 3.29. The molecule has 1 aromatic rings. The highest BCUT2D eigenvalue weighted by molar-refractivity contribution is 6.19. The Bertz CT molecular complexity index is 842. The molecule has 29 heavy (non-hydrogen) atoms. The van der Waals surface area contributed by atoms with Crippen LogP contribution in [0.2, 0.25) is 0 Å². The van der Waals surface area contributed by atoms with E-state index in [0.29, 0.717) is 17.8 Å². The maximum atomic E-state index is 12.8. The molecule has 0 unspecified atom stereocenters. The molecule has 0 saturated heterocycles. The Hall–Kier alpha value is -2.87. The van der Waals surface area contributed by atoms with Crippen molar-refractivity contribution < 1.29 is 14.3 Å². The van der Waals surface area contributed by atoms with Crippen LogP contribution in [0.4, 0.5) is 0 Å². The topological polar surface area (TPSA) is 70.4 Å². The lowest BCUT2D eigenvalue weighted by Gasteiger charge is -2.30. The van der Waals surface area contributed by atoms with E-state index in [4.69, 9.17) is 4.74 Å². The van der Waals surface area contributed by atoms with Crippen LogP contribution in [0.5, 0.6) is 5.75 Å². The molecule has 154 valence electrons. The SMILES string of the molecule is CCCCCCCOc1ccc(/C=C2/C(=O)N(C(C)C)C(=O)C(C#N)=C2C)cc1. The number of hydrogen-bond donors (Lipinski definition) is 0. The minimum atomic E-state index is -0.523. The summed E-state index contributed by atoms with van der Waals surface area (Å²) in [4.78, 5) is 26.4. The molecule has 5 nitrogen and oxygen atoms in total. The van der Waals surface area contributed by atoms with E-state index in [1.54, 1.807) is 26.8 Å². The number of nitrogens with zero attached hydrogens (tertiary/aromatic N) is 2. The monoisotopic (exact) mass is 394 g/mol. The van der Waals surface area contributed by atoms with E-state index in [0.717, 1.165) is 22.6 Å². The molecule has 1 aliphatic rings. The van der Waals surface area contributed by atoms with Crippen LogP contribution in [0.3, 0.4) is 0 Å². The Balaban J connectivity index is 2.14. The zero-order valence-corrected chi connectivity index (χ0v) is 17.8. The van der Waals surface area contributed by atoms with Gasteiger partial charge in [0.05, 0.1) is 6.61 Å². The molecule has 0 aliphatic carbocycles. The number of carbonyl (C=O) groups excluding carboxylic acids is 2. The van der Waals surface area contributed by atoms with Crippen LogP contribution in [-0.4, -0.2) is 29.4 Å². The largest absolute Gasteiger partial charge is 0.494 e. The lowest BCUT2D eigenvalue weighted by molar-refractivity contribution is -0.142. The van der Waals surface area contributed by atoms with Crippen molar-refractivity contribution in [3.05, 3.63) is 46.5 Å². The summed E-state index contributed by atoms with van der Waals surface area (Å²) in [6.45, 7) is 8.06. The average molecular weight is 395 g/mol. The van der Waals surface area contributed by atoms with Crippen LogP contribution in [-0.2, 0) is 9.59 Å². The maximum Gasteiger partial charge on any atom is 0.271 e. The molecule has 0 radical (unpaired) electrons. The Morgan fingerprint density at radius 3 is 2.31 bits per heavy atom. The zero-order valence-electron chi connectivity index (χ0n) is 17.8. The third-order valence-corrected chi connectivity index (χ3v) is 5.00. The van der Waals surface area contributed by atoms with Crippen molar-refractivity contribution in [2.75, 3.05) is 6.61 Å². The van der Waals surface area contributed by atoms with Crippen molar-refractivity contribution in [3.63, 3.8) is 0 Å². The van der Waals surface area contributed by atoms with Crippen molar-refractivity contribution in [2.45, 2.75) is 65.8 Å². The van der Waals surface area contributed by atoms with E-state index in [2.05, 4.69) is 6.92 Å². The van der Waals surface area contributed by atoms with Crippen LogP contribution in [0, 0.1) is 11.3 Å². The van der Waals surface area contributed by atoms with E-state index >= 15 is 0 Å². The van der Waals surface area contributed by atoms with Gasteiger partial charge in [-0.25, -0.2) is 0 Å². The molecular formula is C24H30N2O3. The van der Waals surface area contributed by atoms with Crippen molar-refractivity contribution >= 4 is 17.9 Å². The summed E-state index contributed by atoms with van der Waals surface area (Å²) < 4.78 is 5.78. The lowest BCUT2D eigenvalue weighted by Crippen LogP contribution is -2.46. The predicted octanol–water partition coefficient (Wildman–Crippen LogP) is 5.04. The predicted molar refractivity (Wildman–Crippen MR) is 114 cm³/mol. The zero-order chi connectivity index (χ0) is 21.4. The molecule has 2 rings (SSSR count). The van der Waals surface area contributed by atoms with Gasteiger partial charge in [-0.15, -0.1) is 0 Å². The molecule has 0 atom stereocenters. The minimum Gasteiger partial charge on any atom is -0.494 e. The number of carbonyl (C=O) groups is 2. The van der Waals surface area contributed by atoms with Crippen molar-refractivity contribution in [2.24, 2.45) is 0 Å². The molecule has 1 heterocycles. The van der Waals surface area contributed by atoms with Crippen molar-refractivity contribution in [1.82, 2.24) is 4.90 Å². The second kappa shape index (κ2) is 10.6. The molecule has 2 amide bonds. The molecule has 1 aromatic carbocycles. The number of amides is 2. The van der Waals surface area contributed by atoms with Gasteiger partial charge in [0.15, 0.2) is 0 Å². The van der Waals surface area contributed by atoms with Gasteiger partial charge in [-0.3, -0.25) is 14.5 Å². The maximum absolute atomic E-state index is 12.8. The molecule has 1 aliphatic heterocycles. The number of ether oxygens (including phenoxy) is 1. The summed E-state index contributed by atoms with van der Waals surface area (Å²) in [7, 11) is 0. The highest BCUT2D eigenvalue weighted by Gasteiger charge is 2.36. The quantitative estimate of drug-likeness (QED) is 0.334. The summed E-state index contributed by atoms with van der Waals surface area (Å²) >= 11 is 0. The van der Waals surface area contributed by atoms with Crippen LogP contribution >= 0.6 is 0 Å². The summed E-state index contributed by atoms with van der Waals surface area (Å²) in [6, 6.07) is 9.14. The van der Waals surface area contributed by atoms with Crippen LogP contribution < -0.4 is 4.74 Å². The van der Waals surface area contributed by atoms with Gasteiger partial charge in [-0.2, -0.15) is 5.26 Å². The number of benzene rings is 1. The first kappa shape index (κ1) is 22.4. The van der Waals surface area contributed by atoms with Crippen LogP contribution in [0.25, 0.3) is 6.08 Å². The standard InChI is InChI=1S/C24H30N2O3/c1-5-6-7-8-9-14-29-20-12-10-19(11-13-20)15-21-18(4)22(16-25)24(28)26(17(2)3)23(21)27/h10-13,15,17H,5-9,14H2,1-4H3/b21-15+. The molecule has 0 bridgehead atoms. The van der Waals surface area contributed by atoms with E-state index in [1.165, 1.54) is 25.7 Å². The number of nitriles is 1. The second-order valence-electron chi connectivity index (χ2n) is 7.58. The Morgan fingerprint density at radius 1 is 1.07 bits per heavy atom. The molecule has 0 spiro atoms. The fraction of sp³-hybridized carbons (Fsp3) is 0.458. The number of rotatable bonds is 9. The van der Waals surface area contributed by atoms with Crippen molar-refractivity contribution in [1.29, 1.82) is 5.26 Å². The number of imide groups is 1. The summed E-state index contributed by atoms with van der Waals surface area (Å²) in [6.07, 6.45) is 7.69. The summed E-state index contributed by atoms with van der Waals surface area (Å²) in [5, 5.41) is 9.38. The third kappa shape index (κ3) is 5.57. The van der Waals surface area contributed by atoms with E-state index < -0.39 is 5.91 Å². The van der Waals surface area contributed by atoms with Gasteiger partial charge in [0.25, 0.3) is 11.8 Å². The van der Waals surface area contributed by atoms with E-state index in [9.17, 15) is 14.9 Å². The Labute approximate surface area is 173 Å². The molecule has 0 saturated carbocycles. The van der Waals surface area contributed by atoms with E-state index in [1.807, 2.05) is 30.3 Å². The first-order valence-corrected chi connectivity index (χ1v) is 10.3. The fourth-order valence-corrected chi connectivity index (χ4v) is 3.29. The van der Waals surface area contributed by atoms with Crippen molar-refractivity contribution in [3.8, 4) is 11.8 Å². The van der Waals surface area contributed by atoms with Gasteiger partial charge in [-0.1, -0.05) is 44.7 Å². The first-order chi connectivity index (χ1) is 13.9. The average Bonchev–Trinajstić information content (AvgIpc) is 2.69. The second-order valence-corrected chi connectivity index (χ2v) is 7.58. The van der Waals surface area contributed by atoms with Gasteiger partial charge in [-0.05, 0) is 56.5 Å². The van der Waals surface area contributed by atoms with Crippen LogP contribution in [0.1, 0.15) is 65.4 Å². The minimum absolute atomic E-state index is 0.0209. The lowest BCUT2D eigenvalue weighted by atomic mass is 9.93. The smallest absolute Gasteiger partial charge is 0.271 e. The van der Waals surface area contributed by atoms with Gasteiger partial charge < -0.3 is 4.74 Å². The Kier molecular flexibility index (Phi) is 8.21. The summed E-state index contributed by atoms with van der Waals surface area (Å²) in [5.41, 5.74) is 1.64. The Morgan fingerprint density at radius 2 is 1.72 bits per heavy atom. The van der Waals surface area contributed by atoms with Gasteiger partial charge >= 0.3 is 0 Å². The number of unbranched alkanes of at least 4 members (excludes halogenated alkanes) is 4. The molecule has 0 N–H and O–H groups in total. The van der Waals surface area contributed by atoms with Gasteiger partial charge in [0.2, 0.25) is 0 Å². The highest BCUT2D eigenvalue weighted by atomic mass is 16.5. The van der Waals surface area contributed by atoms with Crippen LogP contribution in [0.15, 0.2) is 41.0 Å². The summed E-state index contributed by atoms with van der Waals surface area (Å²) in [5.74, 6) is -0.0969. The number of hydrogen-bond acceptors (Lipinski definition) is 4. The van der Waals surface area contributed by atoms with Gasteiger partial charge in [0.1, 0.15) is 17.4 Å². The normalized spacial score (nSPS) is 16.0. The van der Waals surface area contributed by atoms with Gasteiger partial charge in [0, 0.05) is 11.6 Å².